The van der Waals surface area contributed by atoms with Gasteiger partial charge in [0.25, 0.3) is 0 Å². The molecule has 1 saturated heterocycles. The molecule has 5 rings (SSSR count). The molecule has 0 aliphatic carbocycles. The Balaban J connectivity index is 1.37. The Morgan fingerprint density at radius 1 is 1.23 bits per heavy atom. The molecule has 1 fully saturated rings. The monoisotopic (exact) mass is 428 g/mol. The molecule has 2 aliphatic rings. The van der Waals surface area contributed by atoms with E-state index in [4.69, 9.17) is 0 Å². The van der Waals surface area contributed by atoms with Crippen molar-refractivity contribution in [2.24, 2.45) is 0 Å². The predicted molar refractivity (Wildman–Crippen MR) is 107 cm³/mol. The number of halogens is 1. The molecule has 30 heavy (non-hydrogen) atoms. The van der Waals surface area contributed by atoms with Crippen LogP contribution in [-0.4, -0.2) is 45.6 Å². The number of carbonyl (C=O) groups excluding carboxylic acids is 1. The highest BCUT2D eigenvalue weighted by molar-refractivity contribution is 7.91. The number of hydrogen-bond donors (Lipinski definition) is 0. The molecule has 0 N–H and O–H groups in total. The molecule has 1 aromatic carbocycles. The first kappa shape index (κ1) is 19.2. The molecule has 156 valence electrons. The lowest BCUT2D eigenvalue weighted by Crippen LogP contribution is -2.43. The molecular formula is C21H21FN4O3S. The summed E-state index contributed by atoms with van der Waals surface area (Å²) in [5.41, 5.74) is 3.78. The third-order valence-corrected chi connectivity index (χ3v) is 7.81. The van der Waals surface area contributed by atoms with Crippen LogP contribution in [0.4, 0.5) is 4.39 Å². The van der Waals surface area contributed by atoms with E-state index in [1.165, 1.54) is 12.1 Å². The Kier molecular flexibility index (Phi) is 4.39. The number of aromatic nitrogens is 3. The minimum Gasteiger partial charge on any atom is -0.332 e. The molecule has 4 heterocycles. The van der Waals surface area contributed by atoms with Gasteiger partial charge in [-0.1, -0.05) is 0 Å². The fourth-order valence-electron chi connectivity index (χ4n) is 4.69. The zero-order valence-corrected chi connectivity index (χ0v) is 17.3. The minimum absolute atomic E-state index is 0.0318. The van der Waals surface area contributed by atoms with Crippen LogP contribution in [0.5, 0.6) is 0 Å². The van der Waals surface area contributed by atoms with Gasteiger partial charge in [0.1, 0.15) is 5.82 Å². The van der Waals surface area contributed by atoms with Gasteiger partial charge < -0.3 is 4.90 Å². The van der Waals surface area contributed by atoms with E-state index in [9.17, 15) is 17.6 Å². The van der Waals surface area contributed by atoms with Crippen molar-refractivity contribution in [2.75, 3.05) is 5.75 Å². The number of amides is 1. The van der Waals surface area contributed by atoms with E-state index in [0.29, 0.717) is 6.42 Å². The van der Waals surface area contributed by atoms with E-state index in [2.05, 4.69) is 10.1 Å². The predicted octanol–water partition coefficient (Wildman–Crippen LogP) is 2.63. The topological polar surface area (TPSA) is 84.6 Å². The number of nitrogens with zero attached hydrogens (tertiary/aromatic N) is 4. The number of benzene rings is 1. The summed E-state index contributed by atoms with van der Waals surface area (Å²) in [7, 11) is -3.65. The summed E-state index contributed by atoms with van der Waals surface area (Å²) in [6, 6.07) is 6.57. The molecule has 0 radical (unpaired) electrons. The summed E-state index contributed by atoms with van der Waals surface area (Å²) in [6.45, 7) is 1.93. The van der Waals surface area contributed by atoms with Crippen molar-refractivity contribution in [2.45, 2.75) is 49.6 Å². The summed E-state index contributed by atoms with van der Waals surface area (Å²) in [6.07, 6.45) is 4.12. The summed E-state index contributed by atoms with van der Waals surface area (Å²) in [4.78, 5) is 19.4. The average molecular weight is 428 g/mol. The Morgan fingerprint density at radius 2 is 2.00 bits per heavy atom. The summed E-state index contributed by atoms with van der Waals surface area (Å²) >= 11 is 0. The normalized spacial score (nSPS) is 20.5. The maximum atomic E-state index is 13.1. The first-order chi connectivity index (χ1) is 14.3. The Labute approximate surface area is 173 Å². The van der Waals surface area contributed by atoms with Gasteiger partial charge in [0.05, 0.1) is 28.1 Å². The van der Waals surface area contributed by atoms with Crippen molar-refractivity contribution in [3.63, 3.8) is 0 Å². The highest BCUT2D eigenvalue weighted by atomic mass is 32.2. The van der Waals surface area contributed by atoms with Crippen LogP contribution in [0.2, 0.25) is 0 Å². The second-order valence-electron chi connectivity index (χ2n) is 7.99. The van der Waals surface area contributed by atoms with Crippen molar-refractivity contribution in [1.82, 2.24) is 19.5 Å². The van der Waals surface area contributed by atoms with Crippen LogP contribution < -0.4 is 0 Å². The van der Waals surface area contributed by atoms with Crippen LogP contribution in [0.25, 0.3) is 5.65 Å². The van der Waals surface area contributed by atoms with Gasteiger partial charge in [-0.25, -0.2) is 22.3 Å². The smallest absolute Gasteiger partial charge is 0.224 e. The first-order valence-corrected chi connectivity index (χ1v) is 11.6. The lowest BCUT2D eigenvalue weighted by Gasteiger charge is -2.36. The highest BCUT2D eigenvalue weighted by Gasteiger charge is 2.43. The number of aryl methyl sites for hydroxylation is 1. The van der Waals surface area contributed by atoms with Gasteiger partial charge >= 0.3 is 0 Å². The number of carbonyl (C=O) groups is 1. The van der Waals surface area contributed by atoms with Gasteiger partial charge in [-0.3, -0.25) is 4.79 Å². The highest BCUT2D eigenvalue weighted by Crippen LogP contribution is 2.43. The van der Waals surface area contributed by atoms with Crippen LogP contribution in [0, 0.1) is 12.7 Å². The molecule has 7 nitrogen and oxygen atoms in total. The molecule has 2 atom stereocenters. The molecule has 2 aromatic heterocycles. The largest absolute Gasteiger partial charge is 0.332 e. The van der Waals surface area contributed by atoms with E-state index in [0.717, 1.165) is 47.6 Å². The van der Waals surface area contributed by atoms with Crippen LogP contribution in [0.1, 0.15) is 42.3 Å². The lowest BCUT2D eigenvalue weighted by atomic mass is 9.99. The van der Waals surface area contributed by atoms with Crippen LogP contribution in [0.15, 0.2) is 41.4 Å². The van der Waals surface area contributed by atoms with Crippen molar-refractivity contribution in [3.05, 3.63) is 59.3 Å². The Morgan fingerprint density at radius 3 is 2.77 bits per heavy atom. The van der Waals surface area contributed by atoms with Gasteiger partial charge in [0, 0.05) is 36.7 Å². The van der Waals surface area contributed by atoms with E-state index in [1.807, 2.05) is 28.6 Å². The third kappa shape index (κ3) is 3.08. The molecule has 2 aliphatic heterocycles. The van der Waals surface area contributed by atoms with Crippen molar-refractivity contribution in [1.29, 1.82) is 0 Å². The SMILES string of the molecule is Cc1cc2ncc3c(n2n1)C[C@@H]1CC[C@@H]3N1C(=O)CCS(=O)(=O)c1ccc(F)cc1. The zero-order valence-electron chi connectivity index (χ0n) is 16.5. The molecule has 3 aromatic rings. The van der Waals surface area contributed by atoms with E-state index in [-0.39, 0.29) is 35.1 Å². The molecule has 0 saturated carbocycles. The Hall–Kier alpha value is -2.81. The van der Waals surface area contributed by atoms with E-state index in [1.54, 1.807) is 0 Å². The number of fused-ring (bicyclic) bond motifs is 6. The number of rotatable bonds is 4. The second kappa shape index (κ2) is 6.87. The molecule has 2 bridgehead atoms. The quantitative estimate of drug-likeness (QED) is 0.597. The minimum atomic E-state index is -3.65. The summed E-state index contributed by atoms with van der Waals surface area (Å²) in [5.74, 6) is -0.963. The van der Waals surface area contributed by atoms with E-state index < -0.39 is 15.7 Å². The first-order valence-electron chi connectivity index (χ1n) is 9.97. The Bertz CT molecular complexity index is 1250. The maximum absolute atomic E-state index is 13.1. The number of sulfone groups is 1. The van der Waals surface area contributed by atoms with Crippen LogP contribution in [-0.2, 0) is 21.1 Å². The zero-order chi connectivity index (χ0) is 21.0. The van der Waals surface area contributed by atoms with Gasteiger partial charge in [-0.15, -0.1) is 0 Å². The van der Waals surface area contributed by atoms with E-state index >= 15 is 0 Å². The average Bonchev–Trinajstić information content (AvgIpc) is 3.25. The molecule has 0 spiro atoms. The lowest BCUT2D eigenvalue weighted by molar-refractivity contribution is -0.134. The summed E-state index contributed by atoms with van der Waals surface area (Å²) < 4.78 is 40.0. The molecule has 9 heteroatoms. The third-order valence-electron chi connectivity index (χ3n) is 6.07. The molecular weight excluding hydrogens is 407 g/mol. The fraction of sp³-hybridized carbons (Fsp3) is 0.381. The molecule has 0 unspecified atom stereocenters. The van der Waals surface area contributed by atoms with Gasteiger partial charge in [-0.05, 0) is 44.0 Å². The van der Waals surface area contributed by atoms with Gasteiger partial charge in [0.2, 0.25) is 5.91 Å². The van der Waals surface area contributed by atoms with Crippen molar-refractivity contribution in [3.8, 4) is 0 Å². The standard InChI is InChI=1S/C21H21FN4O3S/c1-13-10-20-23-12-17-18-7-4-15(11-19(17)26(20)24-13)25(18)21(27)8-9-30(28,29)16-5-2-14(22)3-6-16/h2-3,5-6,10,12,15,18H,4,7-9,11H2,1H3/t15-,18-/m0/s1. The van der Waals surface area contributed by atoms with Crippen molar-refractivity contribution < 1.29 is 17.6 Å². The fourth-order valence-corrected chi connectivity index (χ4v) is 5.92. The summed E-state index contributed by atoms with van der Waals surface area (Å²) in [5, 5.41) is 4.55. The van der Waals surface area contributed by atoms with Gasteiger partial charge in [-0.2, -0.15) is 5.10 Å². The van der Waals surface area contributed by atoms with Gasteiger partial charge in [0.15, 0.2) is 15.5 Å². The maximum Gasteiger partial charge on any atom is 0.224 e. The molecule has 1 amide bonds. The second-order valence-corrected chi connectivity index (χ2v) is 10.1. The van der Waals surface area contributed by atoms with Crippen molar-refractivity contribution >= 4 is 21.4 Å². The van der Waals surface area contributed by atoms with Crippen LogP contribution >= 0.6 is 0 Å². The number of hydrogen-bond acceptors (Lipinski definition) is 5. The van der Waals surface area contributed by atoms with Crippen LogP contribution in [0.3, 0.4) is 0 Å².